The van der Waals surface area contributed by atoms with Crippen LogP contribution in [0.25, 0.3) is 0 Å². The van der Waals surface area contributed by atoms with Gasteiger partial charge in [0.05, 0.1) is 5.69 Å². The molecule has 100 valence electrons. The Labute approximate surface area is 111 Å². The first-order valence-corrected chi connectivity index (χ1v) is 6.59. The molecule has 6 heteroatoms. The van der Waals surface area contributed by atoms with Crippen molar-refractivity contribution in [2.24, 2.45) is 0 Å². The number of aryl methyl sites for hydroxylation is 1. The summed E-state index contributed by atoms with van der Waals surface area (Å²) in [5.41, 5.74) is 1.04. The fraction of sp³-hybridized carbons (Fsp3) is 0.538. The molecule has 19 heavy (non-hydrogen) atoms. The van der Waals surface area contributed by atoms with Gasteiger partial charge in [-0.2, -0.15) is 4.98 Å². The minimum Gasteiger partial charge on any atom is -0.340 e. The maximum atomic E-state index is 5.04. The molecule has 1 fully saturated rings. The van der Waals surface area contributed by atoms with Crippen molar-refractivity contribution in [2.75, 3.05) is 19.6 Å². The molecule has 0 radical (unpaired) electrons. The maximum absolute atomic E-state index is 5.04. The standard InChI is InChI=1S/C13H17N5O/c1-10-16-13(17-19-10)11-2-6-18(9-11)7-3-12-8-14-4-5-15-12/h4-5,8,11H,2-3,6-7,9H2,1H3. The van der Waals surface area contributed by atoms with E-state index in [-0.39, 0.29) is 0 Å². The van der Waals surface area contributed by atoms with Crippen molar-refractivity contribution in [3.8, 4) is 0 Å². The lowest BCUT2D eigenvalue weighted by Gasteiger charge is -2.14. The highest BCUT2D eigenvalue weighted by Crippen LogP contribution is 2.24. The van der Waals surface area contributed by atoms with Crippen molar-refractivity contribution in [2.45, 2.75) is 25.7 Å². The second kappa shape index (κ2) is 5.44. The van der Waals surface area contributed by atoms with Gasteiger partial charge < -0.3 is 9.42 Å². The van der Waals surface area contributed by atoms with Gasteiger partial charge in [-0.1, -0.05) is 5.16 Å². The first-order chi connectivity index (χ1) is 9.31. The highest BCUT2D eigenvalue weighted by atomic mass is 16.5. The number of aromatic nitrogens is 4. The Morgan fingerprint density at radius 2 is 2.37 bits per heavy atom. The number of likely N-dealkylation sites (tertiary alicyclic amines) is 1. The van der Waals surface area contributed by atoms with Gasteiger partial charge in [-0.3, -0.25) is 9.97 Å². The summed E-state index contributed by atoms with van der Waals surface area (Å²) in [4.78, 5) is 15.1. The van der Waals surface area contributed by atoms with Crippen LogP contribution in [0.2, 0.25) is 0 Å². The van der Waals surface area contributed by atoms with Crippen molar-refractivity contribution in [3.63, 3.8) is 0 Å². The lowest BCUT2D eigenvalue weighted by molar-refractivity contribution is 0.333. The molecule has 1 unspecified atom stereocenters. The van der Waals surface area contributed by atoms with Crippen LogP contribution >= 0.6 is 0 Å². The molecule has 0 N–H and O–H groups in total. The molecular formula is C13H17N5O. The van der Waals surface area contributed by atoms with Crippen LogP contribution in [0, 0.1) is 6.92 Å². The first kappa shape index (κ1) is 12.2. The monoisotopic (exact) mass is 259 g/mol. The lowest BCUT2D eigenvalue weighted by Crippen LogP contribution is -2.23. The van der Waals surface area contributed by atoms with Crippen LogP contribution in [0.15, 0.2) is 23.1 Å². The lowest BCUT2D eigenvalue weighted by atomic mass is 10.1. The van der Waals surface area contributed by atoms with E-state index < -0.39 is 0 Å². The van der Waals surface area contributed by atoms with Crippen LogP contribution in [0.5, 0.6) is 0 Å². The highest BCUT2D eigenvalue weighted by Gasteiger charge is 2.27. The van der Waals surface area contributed by atoms with Crippen molar-refractivity contribution in [1.82, 2.24) is 25.0 Å². The van der Waals surface area contributed by atoms with Crippen molar-refractivity contribution in [3.05, 3.63) is 36.0 Å². The van der Waals surface area contributed by atoms with Crippen molar-refractivity contribution >= 4 is 0 Å². The fourth-order valence-electron chi connectivity index (χ4n) is 2.46. The van der Waals surface area contributed by atoms with Crippen LogP contribution in [-0.2, 0) is 6.42 Å². The predicted octanol–water partition coefficient (Wildman–Crippen LogP) is 1.20. The molecule has 2 aromatic rings. The second-order valence-electron chi connectivity index (χ2n) is 4.90. The summed E-state index contributed by atoms with van der Waals surface area (Å²) in [6.07, 6.45) is 7.31. The minimum atomic E-state index is 0.402. The summed E-state index contributed by atoms with van der Waals surface area (Å²) in [5.74, 6) is 1.90. The quantitative estimate of drug-likeness (QED) is 0.822. The number of hydrogen-bond acceptors (Lipinski definition) is 6. The Morgan fingerprint density at radius 3 is 3.11 bits per heavy atom. The molecule has 3 rings (SSSR count). The third-order valence-corrected chi connectivity index (χ3v) is 3.48. The van der Waals surface area contributed by atoms with E-state index in [1.807, 2.05) is 13.1 Å². The van der Waals surface area contributed by atoms with Gasteiger partial charge in [-0.15, -0.1) is 0 Å². The van der Waals surface area contributed by atoms with E-state index in [1.54, 1.807) is 12.4 Å². The van der Waals surface area contributed by atoms with Crippen molar-refractivity contribution in [1.29, 1.82) is 0 Å². The first-order valence-electron chi connectivity index (χ1n) is 6.59. The summed E-state index contributed by atoms with van der Waals surface area (Å²) >= 11 is 0. The second-order valence-corrected chi connectivity index (χ2v) is 4.90. The molecule has 2 aromatic heterocycles. The SMILES string of the molecule is Cc1nc(C2CCN(CCc3cnccn3)C2)no1. The minimum absolute atomic E-state index is 0.402. The van der Waals surface area contributed by atoms with E-state index in [2.05, 4.69) is 25.0 Å². The number of nitrogens with zero attached hydrogens (tertiary/aromatic N) is 5. The van der Waals surface area contributed by atoms with E-state index in [0.717, 1.165) is 44.0 Å². The Morgan fingerprint density at radius 1 is 1.42 bits per heavy atom. The molecule has 0 aromatic carbocycles. The Kier molecular flexibility index (Phi) is 3.50. The number of rotatable bonds is 4. The van der Waals surface area contributed by atoms with Gasteiger partial charge in [0.25, 0.3) is 0 Å². The zero-order valence-corrected chi connectivity index (χ0v) is 11.0. The van der Waals surface area contributed by atoms with E-state index in [4.69, 9.17) is 4.52 Å². The van der Waals surface area contributed by atoms with Crippen LogP contribution in [0.1, 0.15) is 29.7 Å². The van der Waals surface area contributed by atoms with Gasteiger partial charge in [0, 0.05) is 50.9 Å². The van der Waals surface area contributed by atoms with Crippen LogP contribution in [0.3, 0.4) is 0 Å². The maximum Gasteiger partial charge on any atom is 0.223 e. The van der Waals surface area contributed by atoms with Gasteiger partial charge >= 0.3 is 0 Å². The Balaban J connectivity index is 1.52. The summed E-state index contributed by atoms with van der Waals surface area (Å²) in [5, 5.41) is 4.02. The summed E-state index contributed by atoms with van der Waals surface area (Å²) in [6.45, 7) is 4.92. The molecule has 6 nitrogen and oxygen atoms in total. The smallest absolute Gasteiger partial charge is 0.223 e. The van der Waals surface area contributed by atoms with Gasteiger partial charge in [0.2, 0.25) is 5.89 Å². The van der Waals surface area contributed by atoms with Gasteiger partial charge in [-0.25, -0.2) is 0 Å². The van der Waals surface area contributed by atoms with Gasteiger partial charge in [0.15, 0.2) is 5.82 Å². The Hall–Kier alpha value is -1.82. The van der Waals surface area contributed by atoms with E-state index in [0.29, 0.717) is 11.8 Å². The molecule has 1 aliphatic heterocycles. The van der Waals surface area contributed by atoms with Crippen LogP contribution in [0.4, 0.5) is 0 Å². The van der Waals surface area contributed by atoms with Gasteiger partial charge in [-0.05, 0) is 13.0 Å². The topological polar surface area (TPSA) is 67.9 Å². The molecule has 0 spiro atoms. The summed E-state index contributed by atoms with van der Waals surface area (Å²) in [6, 6.07) is 0. The van der Waals surface area contributed by atoms with E-state index in [9.17, 15) is 0 Å². The molecule has 1 aliphatic rings. The third kappa shape index (κ3) is 2.96. The molecule has 1 saturated heterocycles. The highest BCUT2D eigenvalue weighted by molar-refractivity contribution is 5.01. The van der Waals surface area contributed by atoms with Crippen molar-refractivity contribution < 1.29 is 4.52 Å². The zero-order valence-electron chi connectivity index (χ0n) is 11.0. The normalized spacial score (nSPS) is 19.9. The molecule has 0 amide bonds. The fourth-order valence-corrected chi connectivity index (χ4v) is 2.46. The van der Waals surface area contributed by atoms with Gasteiger partial charge in [0.1, 0.15) is 0 Å². The van der Waals surface area contributed by atoms with E-state index >= 15 is 0 Å². The molecule has 0 saturated carbocycles. The molecule has 3 heterocycles. The van der Waals surface area contributed by atoms with Crippen LogP contribution in [-0.4, -0.2) is 44.6 Å². The molecular weight excluding hydrogens is 242 g/mol. The largest absolute Gasteiger partial charge is 0.340 e. The Bertz CT molecular complexity index is 527. The summed E-state index contributed by atoms with van der Waals surface area (Å²) < 4.78 is 5.04. The average molecular weight is 259 g/mol. The molecule has 1 atom stereocenters. The summed E-state index contributed by atoms with van der Waals surface area (Å²) in [7, 11) is 0. The molecule has 0 aliphatic carbocycles. The van der Waals surface area contributed by atoms with E-state index in [1.165, 1.54) is 0 Å². The average Bonchev–Trinajstić information content (AvgIpc) is 3.06. The molecule has 0 bridgehead atoms. The number of hydrogen-bond donors (Lipinski definition) is 0. The predicted molar refractivity (Wildman–Crippen MR) is 68.6 cm³/mol. The van der Waals surface area contributed by atoms with Crippen LogP contribution < -0.4 is 0 Å². The zero-order chi connectivity index (χ0) is 13.1. The third-order valence-electron chi connectivity index (χ3n) is 3.48.